The van der Waals surface area contributed by atoms with Gasteiger partial charge in [0.1, 0.15) is 0 Å². The smallest absolute Gasteiger partial charge is 0.335 e. The molecule has 1 rings (SSSR count). The molecule has 2 unspecified atom stereocenters. The highest BCUT2D eigenvalue weighted by Gasteiger charge is 2.29. The summed E-state index contributed by atoms with van der Waals surface area (Å²) in [6.07, 6.45) is 11.4. The lowest BCUT2D eigenvalue weighted by Gasteiger charge is -2.36. The van der Waals surface area contributed by atoms with Crippen LogP contribution in [0.3, 0.4) is 0 Å². The quantitative estimate of drug-likeness (QED) is 0.126. The molecule has 35 heavy (non-hydrogen) atoms. The maximum Gasteiger partial charge on any atom is 0.335 e. The lowest BCUT2D eigenvalue weighted by atomic mass is 10.1. The van der Waals surface area contributed by atoms with E-state index in [1.165, 1.54) is 51.4 Å². The molecule has 0 amide bonds. The Bertz CT molecular complexity index is 635. The second-order valence-electron chi connectivity index (χ2n) is 9.74. The van der Waals surface area contributed by atoms with Gasteiger partial charge in [0.2, 0.25) is 0 Å². The second kappa shape index (κ2) is 20.1. The summed E-state index contributed by atoms with van der Waals surface area (Å²) < 4.78 is 20.1. The topological polar surface area (TPSA) is 68.2 Å². The molecule has 0 aromatic heterocycles. The zero-order valence-corrected chi connectivity index (χ0v) is 23.7. The lowest BCUT2D eigenvalue weighted by molar-refractivity contribution is -0.152. The zero-order chi connectivity index (χ0) is 25.9. The van der Waals surface area contributed by atoms with Gasteiger partial charge in [-0.3, -0.25) is 0 Å². The van der Waals surface area contributed by atoms with Crippen molar-refractivity contribution in [1.29, 1.82) is 0 Å². The summed E-state index contributed by atoms with van der Waals surface area (Å²) in [7, 11) is -1.43. The van der Waals surface area contributed by atoms with Crippen LogP contribution in [0.15, 0.2) is 30.3 Å². The molecule has 0 saturated carbocycles. The SMILES string of the molecule is CCCCCCCCCCCCOC(COP(OCc1ccccc1)N(C(C)C)C(C)C)C(=O)O. The Morgan fingerprint density at radius 3 is 1.91 bits per heavy atom. The van der Waals surface area contributed by atoms with Crippen molar-refractivity contribution in [1.82, 2.24) is 4.67 Å². The van der Waals surface area contributed by atoms with E-state index in [4.69, 9.17) is 13.8 Å². The third-order valence-electron chi connectivity index (χ3n) is 5.86. The molecule has 0 aliphatic carbocycles. The van der Waals surface area contributed by atoms with Crippen molar-refractivity contribution < 1.29 is 23.7 Å². The predicted octanol–water partition coefficient (Wildman–Crippen LogP) is 7.96. The first-order valence-electron chi connectivity index (χ1n) is 13.6. The number of carboxylic acids is 1. The number of carbonyl (C=O) groups is 1. The summed E-state index contributed by atoms with van der Waals surface area (Å²) in [6, 6.07) is 10.4. The normalized spacial score (nSPS) is 13.6. The molecular weight excluding hydrogens is 461 g/mol. The van der Waals surface area contributed by atoms with E-state index < -0.39 is 20.6 Å². The van der Waals surface area contributed by atoms with E-state index in [1.807, 2.05) is 30.3 Å². The van der Waals surface area contributed by atoms with Crippen LogP contribution in [0.5, 0.6) is 0 Å². The minimum absolute atomic E-state index is 0.0243. The fourth-order valence-electron chi connectivity index (χ4n) is 3.99. The van der Waals surface area contributed by atoms with Crippen molar-refractivity contribution in [2.24, 2.45) is 0 Å². The standard InChI is InChI=1S/C28H50NO5P/c1-6-7-8-9-10-11-12-13-14-18-21-32-27(28(30)31)23-34-35(29(24(2)3)25(4)5)33-22-26-19-16-15-17-20-26/h15-17,19-20,24-25,27H,6-14,18,21-23H2,1-5H3,(H,30,31). The maximum absolute atomic E-state index is 11.8. The van der Waals surface area contributed by atoms with Gasteiger partial charge in [0, 0.05) is 18.7 Å². The Hall–Kier alpha value is -1.04. The summed E-state index contributed by atoms with van der Waals surface area (Å²) in [5.74, 6) is -0.990. The third kappa shape index (κ3) is 15.0. The molecule has 7 heteroatoms. The van der Waals surface area contributed by atoms with E-state index in [1.54, 1.807) is 0 Å². The van der Waals surface area contributed by atoms with Crippen LogP contribution in [0, 0.1) is 0 Å². The fourth-order valence-corrected chi connectivity index (χ4v) is 5.60. The minimum atomic E-state index is -1.43. The summed E-state index contributed by atoms with van der Waals surface area (Å²) in [5, 5.41) is 9.66. The van der Waals surface area contributed by atoms with Crippen molar-refractivity contribution in [3.05, 3.63) is 35.9 Å². The third-order valence-corrected chi connectivity index (χ3v) is 7.88. The van der Waals surface area contributed by atoms with Crippen molar-refractivity contribution in [3.63, 3.8) is 0 Å². The van der Waals surface area contributed by atoms with Gasteiger partial charge in [-0.25, -0.2) is 9.46 Å². The van der Waals surface area contributed by atoms with E-state index in [9.17, 15) is 9.90 Å². The van der Waals surface area contributed by atoms with Gasteiger partial charge in [-0.2, -0.15) is 0 Å². The molecule has 2 atom stereocenters. The van der Waals surface area contributed by atoms with E-state index in [2.05, 4.69) is 39.3 Å². The summed E-state index contributed by atoms with van der Waals surface area (Å²) in [4.78, 5) is 11.8. The first-order valence-corrected chi connectivity index (χ1v) is 14.7. The Balaban J connectivity index is 2.44. The highest BCUT2D eigenvalue weighted by molar-refractivity contribution is 7.44. The van der Waals surface area contributed by atoms with Crippen LogP contribution in [0.25, 0.3) is 0 Å². The van der Waals surface area contributed by atoms with Crippen molar-refractivity contribution in [2.45, 2.75) is 124 Å². The van der Waals surface area contributed by atoms with E-state index in [0.29, 0.717) is 13.2 Å². The van der Waals surface area contributed by atoms with Crippen LogP contribution in [0.2, 0.25) is 0 Å². The molecule has 0 aliphatic rings. The second-order valence-corrected chi connectivity index (χ2v) is 11.2. The number of rotatable bonds is 22. The number of unbranched alkanes of at least 4 members (excludes halogenated alkanes) is 9. The molecule has 0 fully saturated rings. The van der Waals surface area contributed by atoms with Crippen molar-refractivity contribution in [2.75, 3.05) is 13.2 Å². The Morgan fingerprint density at radius 1 is 0.857 bits per heavy atom. The number of hydrogen-bond acceptors (Lipinski definition) is 5. The molecule has 1 N–H and O–H groups in total. The largest absolute Gasteiger partial charge is 0.479 e. The molecule has 0 saturated heterocycles. The van der Waals surface area contributed by atoms with E-state index in [-0.39, 0.29) is 18.7 Å². The highest BCUT2D eigenvalue weighted by atomic mass is 31.2. The Morgan fingerprint density at radius 2 is 1.40 bits per heavy atom. The average Bonchev–Trinajstić information content (AvgIpc) is 2.82. The molecule has 1 aromatic carbocycles. The van der Waals surface area contributed by atoms with E-state index in [0.717, 1.165) is 18.4 Å². The molecule has 6 nitrogen and oxygen atoms in total. The van der Waals surface area contributed by atoms with Gasteiger partial charge in [0.05, 0.1) is 13.2 Å². The molecule has 0 heterocycles. The van der Waals surface area contributed by atoms with Crippen molar-refractivity contribution in [3.8, 4) is 0 Å². The van der Waals surface area contributed by atoms with Crippen LogP contribution in [-0.2, 0) is 25.2 Å². The van der Waals surface area contributed by atoms with Gasteiger partial charge in [-0.1, -0.05) is 95.0 Å². The average molecular weight is 512 g/mol. The monoisotopic (exact) mass is 511 g/mol. The first-order chi connectivity index (χ1) is 16.9. The fraction of sp³-hybridized carbons (Fsp3) is 0.750. The predicted molar refractivity (Wildman–Crippen MR) is 145 cm³/mol. The van der Waals surface area contributed by atoms with Crippen molar-refractivity contribution >= 4 is 14.5 Å². The van der Waals surface area contributed by atoms with Gasteiger partial charge in [0.25, 0.3) is 8.53 Å². The Kier molecular flexibility index (Phi) is 18.3. The number of aliphatic carboxylic acids is 1. The first kappa shape index (κ1) is 32.0. The van der Waals surface area contributed by atoms with Gasteiger partial charge in [-0.05, 0) is 39.7 Å². The molecule has 0 aliphatic heterocycles. The highest BCUT2D eigenvalue weighted by Crippen LogP contribution is 2.46. The molecule has 0 radical (unpaired) electrons. The zero-order valence-electron chi connectivity index (χ0n) is 22.8. The van der Waals surface area contributed by atoms with Gasteiger partial charge in [0.15, 0.2) is 6.10 Å². The van der Waals surface area contributed by atoms with Crippen LogP contribution >= 0.6 is 8.53 Å². The molecule has 0 spiro atoms. The molecule has 0 bridgehead atoms. The number of nitrogens with zero attached hydrogens (tertiary/aromatic N) is 1. The van der Waals surface area contributed by atoms with Crippen LogP contribution in [-0.4, -0.2) is 47.1 Å². The number of hydrogen-bond donors (Lipinski definition) is 1. The maximum atomic E-state index is 11.8. The van der Waals surface area contributed by atoms with Gasteiger partial charge >= 0.3 is 5.97 Å². The van der Waals surface area contributed by atoms with E-state index >= 15 is 0 Å². The number of carboxylic acid groups (broad SMARTS) is 1. The summed E-state index contributed by atoms with van der Waals surface area (Å²) in [6.45, 7) is 11.5. The number of benzene rings is 1. The van der Waals surface area contributed by atoms with Gasteiger partial charge in [-0.15, -0.1) is 0 Å². The molecule has 202 valence electrons. The summed E-state index contributed by atoms with van der Waals surface area (Å²) >= 11 is 0. The lowest BCUT2D eigenvalue weighted by Crippen LogP contribution is -2.35. The van der Waals surface area contributed by atoms with Gasteiger partial charge < -0.3 is 18.9 Å². The molecular formula is C28H50NO5P. The van der Waals surface area contributed by atoms with Crippen LogP contribution < -0.4 is 0 Å². The van der Waals surface area contributed by atoms with Crippen LogP contribution in [0.1, 0.15) is 104 Å². The Labute approximate surface area is 215 Å². The summed E-state index contributed by atoms with van der Waals surface area (Å²) in [5.41, 5.74) is 1.06. The minimum Gasteiger partial charge on any atom is -0.479 e. The van der Waals surface area contributed by atoms with Crippen LogP contribution in [0.4, 0.5) is 0 Å². The number of ether oxygens (including phenoxy) is 1. The molecule has 1 aromatic rings.